The number of hydrogen-bond donors (Lipinski definition) is 1. The highest BCUT2D eigenvalue weighted by Gasteiger charge is 2.26. The molecule has 1 unspecified atom stereocenters. The molecule has 1 amide bonds. The molecule has 170 valence electrons. The maximum atomic E-state index is 13.0. The van der Waals surface area contributed by atoms with Crippen molar-refractivity contribution in [3.8, 4) is 11.5 Å². The monoisotopic (exact) mass is 442 g/mol. The maximum Gasteiger partial charge on any atom is 0.328 e. The lowest BCUT2D eigenvalue weighted by Gasteiger charge is -2.34. The van der Waals surface area contributed by atoms with Crippen molar-refractivity contribution in [1.29, 1.82) is 0 Å². The van der Waals surface area contributed by atoms with Crippen molar-refractivity contribution in [2.75, 3.05) is 39.6 Å². The summed E-state index contributed by atoms with van der Waals surface area (Å²) in [5.74, 6) is 1.17. The number of amides is 1. The number of nitrogens with one attached hydrogen (secondary N) is 1. The Hall–Kier alpha value is -3.11. The van der Waals surface area contributed by atoms with E-state index in [1.165, 1.54) is 6.20 Å². The third kappa shape index (κ3) is 4.15. The van der Waals surface area contributed by atoms with Gasteiger partial charge in [-0.25, -0.2) is 4.79 Å². The molecule has 3 aliphatic rings. The lowest BCUT2D eigenvalue weighted by molar-refractivity contribution is 0.0623. The highest BCUT2D eigenvalue weighted by Crippen LogP contribution is 2.32. The average molecular weight is 442 g/mol. The molecule has 2 saturated heterocycles. The number of hydrogen-bond acceptors (Lipinski definition) is 7. The number of aromatic amines is 1. The van der Waals surface area contributed by atoms with Gasteiger partial charge in [0.05, 0.1) is 12.6 Å². The average Bonchev–Trinajstić information content (AvgIpc) is 3.48. The first-order valence-electron chi connectivity index (χ1n) is 10.9. The minimum absolute atomic E-state index is 0.00758. The van der Waals surface area contributed by atoms with Crippen molar-refractivity contribution in [2.45, 2.75) is 32.0 Å². The lowest BCUT2D eigenvalue weighted by Crippen LogP contribution is -2.50. The third-order valence-corrected chi connectivity index (χ3v) is 6.20. The van der Waals surface area contributed by atoms with Crippen LogP contribution in [0.2, 0.25) is 0 Å². The van der Waals surface area contributed by atoms with E-state index in [1.807, 2.05) is 18.2 Å². The molecule has 32 heavy (non-hydrogen) atoms. The molecule has 1 aromatic heterocycles. The van der Waals surface area contributed by atoms with Gasteiger partial charge >= 0.3 is 5.69 Å². The van der Waals surface area contributed by atoms with Gasteiger partial charge in [-0.1, -0.05) is 6.07 Å². The van der Waals surface area contributed by atoms with Crippen molar-refractivity contribution in [3.63, 3.8) is 0 Å². The van der Waals surface area contributed by atoms with Gasteiger partial charge in [-0.3, -0.25) is 19.1 Å². The maximum absolute atomic E-state index is 13.0. The molecule has 2 fully saturated rings. The van der Waals surface area contributed by atoms with Gasteiger partial charge in [0.2, 0.25) is 6.79 Å². The Kier molecular flexibility index (Phi) is 5.71. The van der Waals surface area contributed by atoms with Crippen LogP contribution in [0.15, 0.2) is 34.0 Å². The van der Waals surface area contributed by atoms with Crippen LogP contribution >= 0.6 is 0 Å². The van der Waals surface area contributed by atoms with Gasteiger partial charge in [0.15, 0.2) is 11.5 Å². The van der Waals surface area contributed by atoms with Gasteiger partial charge in [0, 0.05) is 45.5 Å². The molecule has 1 aromatic carbocycles. The standard InChI is InChI=1S/C22H26N4O6/c27-20(17-11-23-22(29)26(21(17)28)13-16-2-1-9-30-16)25-7-5-24(6-8-25)12-15-3-4-18-19(10-15)32-14-31-18/h3-4,10-11,16H,1-2,5-9,12-14H2,(H,23,29). The number of carbonyl (C=O) groups excluding carboxylic acids is 1. The molecule has 1 atom stereocenters. The van der Waals surface area contributed by atoms with Crippen molar-refractivity contribution < 1.29 is 19.0 Å². The highest BCUT2D eigenvalue weighted by molar-refractivity contribution is 5.93. The van der Waals surface area contributed by atoms with Crippen LogP contribution in [0.1, 0.15) is 28.8 Å². The molecule has 3 aliphatic heterocycles. The first-order chi connectivity index (χ1) is 15.6. The number of rotatable bonds is 5. The molecule has 0 bridgehead atoms. The molecule has 2 aromatic rings. The van der Waals surface area contributed by atoms with E-state index >= 15 is 0 Å². The molecular weight excluding hydrogens is 416 g/mol. The van der Waals surface area contributed by atoms with Crippen LogP contribution in [0.3, 0.4) is 0 Å². The lowest BCUT2D eigenvalue weighted by atomic mass is 10.1. The highest BCUT2D eigenvalue weighted by atomic mass is 16.7. The summed E-state index contributed by atoms with van der Waals surface area (Å²) in [6.45, 7) is 4.18. The molecule has 5 rings (SSSR count). The number of piperazine rings is 1. The Morgan fingerprint density at radius 3 is 2.69 bits per heavy atom. The van der Waals surface area contributed by atoms with Crippen LogP contribution < -0.4 is 20.7 Å². The fourth-order valence-corrected chi connectivity index (χ4v) is 4.40. The second kappa shape index (κ2) is 8.79. The zero-order valence-electron chi connectivity index (χ0n) is 17.7. The van der Waals surface area contributed by atoms with Crippen LogP contribution in [0.5, 0.6) is 11.5 Å². The van der Waals surface area contributed by atoms with E-state index in [0.717, 1.165) is 41.0 Å². The Labute approximate surface area is 184 Å². The van der Waals surface area contributed by atoms with Crippen LogP contribution in [0, 0.1) is 0 Å². The molecule has 10 heteroatoms. The summed E-state index contributed by atoms with van der Waals surface area (Å²) in [4.78, 5) is 44.5. The van der Waals surface area contributed by atoms with Crippen molar-refractivity contribution in [2.24, 2.45) is 0 Å². The minimum atomic E-state index is -0.558. The normalized spacial score (nSPS) is 20.6. The number of aromatic nitrogens is 2. The first-order valence-corrected chi connectivity index (χ1v) is 10.9. The van der Waals surface area contributed by atoms with Gasteiger partial charge in [0.1, 0.15) is 5.56 Å². The third-order valence-electron chi connectivity index (χ3n) is 6.20. The van der Waals surface area contributed by atoms with E-state index in [0.29, 0.717) is 32.8 Å². The molecule has 0 spiro atoms. The summed E-state index contributed by atoms with van der Waals surface area (Å²) in [5.41, 5.74) is 0.0335. The van der Waals surface area contributed by atoms with E-state index in [4.69, 9.17) is 14.2 Å². The first kappa shape index (κ1) is 20.8. The number of fused-ring (bicyclic) bond motifs is 1. The summed E-state index contributed by atoms with van der Waals surface area (Å²) in [6, 6.07) is 5.91. The fraction of sp³-hybridized carbons (Fsp3) is 0.500. The van der Waals surface area contributed by atoms with Gasteiger partial charge in [-0.2, -0.15) is 0 Å². The summed E-state index contributed by atoms with van der Waals surface area (Å²) in [6.07, 6.45) is 2.78. The van der Waals surface area contributed by atoms with Gasteiger partial charge < -0.3 is 24.1 Å². The predicted molar refractivity (Wildman–Crippen MR) is 114 cm³/mol. The fourth-order valence-electron chi connectivity index (χ4n) is 4.40. The SMILES string of the molecule is O=C(c1c[nH]c(=O)n(CC2CCCO2)c1=O)N1CCN(Cc2ccc3c(c2)OCO3)CC1. The van der Waals surface area contributed by atoms with E-state index in [9.17, 15) is 14.4 Å². The molecule has 0 saturated carbocycles. The Balaban J connectivity index is 1.22. The summed E-state index contributed by atoms with van der Waals surface area (Å²) < 4.78 is 17.4. The van der Waals surface area contributed by atoms with Crippen LogP contribution in [-0.4, -0.2) is 70.9 Å². The number of carbonyl (C=O) groups is 1. The summed E-state index contributed by atoms with van der Waals surface area (Å²) >= 11 is 0. The summed E-state index contributed by atoms with van der Waals surface area (Å²) in [7, 11) is 0. The Bertz CT molecular complexity index is 1110. The second-order valence-corrected chi connectivity index (χ2v) is 8.31. The summed E-state index contributed by atoms with van der Waals surface area (Å²) in [5, 5.41) is 0. The zero-order valence-corrected chi connectivity index (χ0v) is 17.7. The number of nitrogens with zero attached hydrogens (tertiary/aromatic N) is 3. The number of benzene rings is 1. The molecule has 1 N–H and O–H groups in total. The van der Waals surface area contributed by atoms with Crippen molar-refractivity contribution >= 4 is 5.91 Å². The smallest absolute Gasteiger partial charge is 0.328 e. The number of ether oxygens (including phenoxy) is 3. The molecule has 4 heterocycles. The van der Waals surface area contributed by atoms with Crippen LogP contribution in [-0.2, 0) is 17.8 Å². The van der Waals surface area contributed by atoms with Gasteiger partial charge in [-0.15, -0.1) is 0 Å². The van der Waals surface area contributed by atoms with Gasteiger partial charge in [-0.05, 0) is 30.5 Å². The van der Waals surface area contributed by atoms with Crippen molar-refractivity contribution in [1.82, 2.24) is 19.4 Å². The largest absolute Gasteiger partial charge is 0.454 e. The molecular formula is C22H26N4O6. The van der Waals surface area contributed by atoms with E-state index in [-0.39, 0.29) is 30.9 Å². The molecule has 10 nitrogen and oxygen atoms in total. The van der Waals surface area contributed by atoms with E-state index in [2.05, 4.69) is 9.88 Å². The molecule has 0 radical (unpaired) electrons. The Morgan fingerprint density at radius 1 is 1.09 bits per heavy atom. The van der Waals surface area contributed by atoms with E-state index < -0.39 is 11.2 Å². The van der Waals surface area contributed by atoms with E-state index in [1.54, 1.807) is 4.90 Å². The van der Waals surface area contributed by atoms with Crippen LogP contribution in [0.25, 0.3) is 0 Å². The van der Waals surface area contributed by atoms with Crippen molar-refractivity contribution in [3.05, 3.63) is 56.4 Å². The predicted octanol–water partition coefficient (Wildman–Crippen LogP) is 0.402. The Morgan fingerprint density at radius 2 is 1.91 bits per heavy atom. The number of H-pyrrole nitrogens is 1. The minimum Gasteiger partial charge on any atom is -0.454 e. The molecule has 0 aliphatic carbocycles. The topological polar surface area (TPSA) is 106 Å². The van der Waals surface area contributed by atoms with Gasteiger partial charge in [0.25, 0.3) is 11.5 Å². The quantitative estimate of drug-likeness (QED) is 0.715. The second-order valence-electron chi connectivity index (χ2n) is 8.31. The zero-order chi connectivity index (χ0) is 22.1. The van der Waals surface area contributed by atoms with Crippen LogP contribution in [0.4, 0.5) is 0 Å².